The first-order valence-electron chi connectivity index (χ1n) is 6.93. The van der Waals surface area contributed by atoms with Gasteiger partial charge in [0.25, 0.3) is 0 Å². The first-order chi connectivity index (χ1) is 10.3. The first-order valence-corrected chi connectivity index (χ1v) is 6.93. The molecule has 130 valence electrons. The van der Waals surface area contributed by atoms with Gasteiger partial charge in [0.1, 0.15) is 42.7 Å². The smallest absolute Gasteiger partial charge is 0.187 e. The van der Waals surface area contributed by atoms with Crippen LogP contribution in [0.1, 0.15) is 6.92 Å². The van der Waals surface area contributed by atoms with Crippen LogP contribution in [-0.2, 0) is 14.2 Å². The first kappa shape index (κ1) is 17.9. The second-order valence-corrected chi connectivity index (χ2v) is 5.52. The van der Waals surface area contributed by atoms with E-state index in [0.29, 0.717) is 0 Å². The normalized spacial score (nSPS) is 51.0. The minimum Gasteiger partial charge on any atom is -0.394 e. The number of rotatable bonds is 4. The Kier molecular flexibility index (Phi) is 5.72. The molecule has 22 heavy (non-hydrogen) atoms. The van der Waals surface area contributed by atoms with E-state index < -0.39 is 68.0 Å². The zero-order valence-corrected chi connectivity index (χ0v) is 11.8. The van der Waals surface area contributed by atoms with Gasteiger partial charge in [-0.05, 0) is 6.92 Å². The predicted octanol–water partition coefficient (Wildman–Crippen LogP) is -4.37. The predicted molar refractivity (Wildman–Crippen MR) is 67.2 cm³/mol. The molecule has 0 aliphatic carbocycles. The molecule has 0 aromatic rings. The Bertz CT molecular complexity index is 366. The van der Waals surface area contributed by atoms with Crippen molar-refractivity contribution in [1.29, 1.82) is 0 Å². The average Bonchev–Trinajstić information content (AvgIpc) is 2.75. The van der Waals surface area contributed by atoms with Crippen LogP contribution >= 0.6 is 0 Å². The van der Waals surface area contributed by atoms with E-state index in [1.165, 1.54) is 6.92 Å². The largest absolute Gasteiger partial charge is 0.394 e. The molecule has 2 saturated heterocycles. The number of aliphatic hydroxyl groups is 7. The third kappa shape index (κ3) is 3.26. The van der Waals surface area contributed by atoms with E-state index >= 15 is 0 Å². The Labute approximate surface area is 126 Å². The van der Waals surface area contributed by atoms with E-state index in [2.05, 4.69) is 0 Å². The van der Waals surface area contributed by atoms with Crippen LogP contribution in [0.3, 0.4) is 0 Å². The van der Waals surface area contributed by atoms with E-state index in [0.717, 1.165) is 0 Å². The lowest BCUT2D eigenvalue weighted by Crippen LogP contribution is -2.60. The summed E-state index contributed by atoms with van der Waals surface area (Å²) in [6.45, 7) is 0.727. The Morgan fingerprint density at radius 1 is 0.955 bits per heavy atom. The topological polar surface area (TPSA) is 169 Å². The summed E-state index contributed by atoms with van der Waals surface area (Å²) in [6, 6.07) is 0. The Morgan fingerprint density at radius 2 is 1.59 bits per heavy atom. The third-order valence-electron chi connectivity index (χ3n) is 3.86. The summed E-state index contributed by atoms with van der Waals surface area (Å²) in [7, 11) is 0. The molecule has 0 saturated carbocycles. The Morgan fingerprint density at radius 3 is 2.09 bits per heavy atom. The van der Waals surface area contributed by atoms with E-state index in [-0.39, 0.29) is 0 Å². The number of hydrogen-bond donors (Lipinski definition) is 7. The Balaban J connectivity index is 2.08. The van der Waals surface area contributed by atoms with Gasteiger partial charge in [0.05, 0.1) is 12.7 Å². The molecule has 0 amide bonds. The molecular formula is C12H22O10. The molecule has 2 fully saturated rings. The molecule has 7 N–H and O–H groups in total. The molecule has 0 spiro atoms. The van der Waals surface area contributed by atoms with Crippen LogP contribution in [0.5, 0.6) is 0 Å². The molecule has 10 nitrogen and oxygen atoms in total. The van der Waals surface area contributed by atoms with Crippen molar-refractivity contribution >= 4 is 0 Å². The van der Waals surface area contributed by atoms with Gasteiger partial charge in [0, 0.05) is 0 Å². The minimum atomic E-state index is -1.71. The van der Waals surface area contributed by atoms with Crippen molar-refractivity contribution in [1.82, 2.24) is 0 Å². The van der Waals surface area contributed by atoms with Crippen LogP contribution in [0.4, 0.5) is 0 Å². The number of hydrogen-bond acceptors (Lipinski definition) is 10. The number of aliphatic hydroxyl groups excluding tert-OH is 7. The van der Waals surface area contributed by atoms with Crippen LogP contribution < -0.4 is 0 Å². The molecule has 2 rings (SSSR count). The maximum absolute atomic E-state index is 9.97. The molecule has 0 aromatic heterocycles. The summed E-state index contributed by atoms with van der Waals surface area (Å²) in [6.07, 6.45) is -14.1. The summed E-state index contributed by atoms with van der Waals surface area (Å²) in [5.74, 6) is 0. The lowest BCUT2D eigenvalue weighted by molar-refractivity contribution is -0.322. The highest BCUT2D eigenvalue weighted by Crippen LogP contribution is 2.29. The van der Waals surface area contributed by atoms with E-state index in [1.807, 2.05) is 0 Å². The minimum absolute atomic E-state index is 0.627. The van der Waals surface area contributed by atoms with Crippen molar-refractivity contribution < 1.29 is 50.0 Å². The van der Waals surface area contributed by atoms with Gasteiger partial charge in [-0.3, -0.25) is 0 Å². The van der Waals surface area contributed by atoms with Crippen LogP contribution in [0.2, 0.25) is 0 Å². The van der Waals surface area contributed by atoms with Gasteiger partial charge in [-0.1, -0.05) is 0 Å². The summed E-state index contributed by atoms with van der Waals surface area (Å²) in [5.41, 5.74) is 0. The molecule has 10 heteroatoms. The Hall–Kier alpha value is -0.400. The highest BCUT2D eigenvalue weighted by molar-refractivity contribution is 4.94. The standard InChI is InChI=1S/C12H22O10/c1-3(14)9-6(16)7(17)12(21-9)22-10-5(15)4(2-13)20-11(19)8(10)18/h3-19H,2H2,1H3/t3?,4-,5+,6+,7+,8-,9-,10+,11-,12-/m1/s1. The van der Waals surface area contributed by atoms with E-state index in [9.17, 15) is 30.6 Å². The van der Waals surface area contributed by atoms with Gasteiger partial charge in [0.15, 0.2) is 12.6 Å². The van der Waals surface area contributed by atoms with Crippen molar-refractivity contribution in [2.24, 2.45) is 0 Å². The highest BCUT2D eigenvalue weighted by atomic mass is 16.7. The molecule has 0 aromatic carbocycles. The van der Waals surface area contributed by atoms with Gasteiger partial charge >= 0.3 is 0 Å². The molecule has 2 aliphatic rings. The molecule has 2 aliphatic heterocycles. The fourth-order valence-electron chi connectivity index (χ4n) is 2.57. The van der Waals surface area contributed by atoms with Crippen LogP contribution in [-0.4, -0.2) is 104 Å². The maximum atomic E-state index is 9.97. The van der Waals surface area contributed by atoms with E-state index in [1.54, 1.807) is 0 Å². The zero-order valence-electron chi connectivity index (χ0n) is 11.8. The molecule has 0 bridgehead atoms. The van der Waals surface area contributed by atoms with Crippen LogP contribution in [0.25, 0.3) is 0 Å². The van der Waals surface area contributed by atoms with Gasteiger partial charge in [-0.2, -0.15) is 0 Å². The lowest BCUT2D eigenvalue weighted by atomic mass is 9.99. The average molecular weight is 326 g/mol. The lowest BCUT2D eigenvalue weighted by Gasteiger charge is -2.41. The summed E-state index contributed by atoms with van der Waals surface area (Å²) < 4.78 is 15.2. The van der Waals surface area contributed by atoms with Crippen LogP contribution in [0.15, 0.2) is 0 Å². The van der Waals surface area contributed by atoms with Crippen molar-refractivity contribution in [3.63, 3.8) is 0 Å². The number of ether oxygens (including phenoxy) is 3. The quantitative estimate of drug-likeness (QED) is 0.268. The van der Waals surface area contributed by atoms with Gasteiger partial charge < -0.3 is 50.0 Å². The van der Waals surface area contributed by atoms with Gasteiger partial charge in [-0.25, -0.2) is 0 Å². The SMILES string of the molecule is CC(O)[C@H]1O[C@H](O[C@@H]2[C@@H](O)[C@H](O)O[C@H](CO)[C@@H]2O)[C@@H](O)[C@@H]1O. The monoisotopic (exact) mass is 326 g/mol. The summed E-state index contributed by atoms with van der Waals surface area (Å²) in [4.78, 5) is 0. The zero-order chi connectivity index (χ0) is 16.6. The molecule has 1 unspecified atom stereocenters. The molecule has 0 radical (unpaired) electrons. The van der Waals surface area contributed by atoms with Crippen LogP contribution in [0, 0.1) is 0 Å². The van der Waals surface area contributed by atoms with Gasteiger partial charge in [0.2, 0.25) is 0 Å². The van der Waals surface area contributed by atoms with E-state index in [4.69, 9.17) is 19.3 Å². The van der Waals surface area contributed by atoms with Gasteiger partial charge in [-0.15, -0.1) is 0 Å². The maximum Gasteiger partial charge on any atom is 0.187 e. The van der Waals surface area contributed by atoms with Crippen molar-refractivity contribution in [2.75, 3.05) is 6.61 Å². The highest BCUT2D eigenvalue weighted by Gasteiger charge is 2.51. The second-order valence-electron chi connectivity index (χ2n) is 5.52. The van der Waals surface area contributed by atoms with Crippen molar-refractivity contribution in [3.8, 4) is 0 Å². The summed E-state index contributed by atoms with van der Waals surface area (Å²) >= 11 is 0. The third-order valence-corrected chi connectivity index (χ3v) is 3.86. The fraction of sp³-hybridized carbons (Fsp3) is 1.00. The molecular weight excluding hydrogens is 304 g/mol. The second kappa shape index (κ2) is 7.01. The van der Waals surface area contributed by atoms with Crippen molar-refractivity contribution in [3.05, 3.63) is 0 Å². The summed E-state index contributed by atoms with van der Waals surface area (Å²) in [5, 5.41) is 67.4. The fourth-order valence-corrected chi connectivity index (χ4v) is 2.57. The van der Waals surface area contributed by atoms with Crippen molar-refractivity contribution in [2.45, 2.75) is 68.3 Å². The molecule has 10 atom stereocenters. The molecule has 2 heterocycles.